The molecule has 1 aromatic rings. The first kappa shape index (κ1) is 14.0. The summed E-state index contributed by atoms with van der Waals surface area (Å²) in [5.41, 5.74) is 1.14. The second kappa shape index (κ2) is 7.24. The minimum Gasteiger partial charge on any atom is -0.382 e. The van der Waals surface area contributed by atoms with Gasteiger partial charge < -0.3 is 14.2 Å². The summed E-state index contributed by atoms with van der Waals surface area (Å²) < 4.78 is 16.9. The Bertz CT molecular complexity index is 413. The summed E-state index contributed by atoms with van der Waals surface area (Å²) in [4.78, 5) is 0. The fourth-order valence-corrected chi connectivity index (χ4v) is 2.12. The van der Waals surface area contributed by atoms with Crippen LogP contribution >= 0.6 is 0 Å². The zero-order valence-electron chi connectivity index (χ0n) is 11.2. The van der Waals surface area contributed by atoms with E-state index in [1.54, 1.807) is 13.2 Å². The molecule has 0 fully saturated rings. The molecule has 1 aliphatic heterocycles. The topological polar surface area (TPSA) is 27.7 Å². The highest BCUT2D eigenvalue weighted by atomic mass is 16.6. The number of rotatable bonds is 6. The minimum atomic E-state index is -0.0971. The van der Waals surface area contributed by atoms with Crippen LogP contribution in [0, 0.1) is 0 Å². The third-order valence-electron chi connectivity index (χ3n) is 3.03. The van der Waals surface area contributed by atoms with Gasteiger partial charge in [0.1, 0.15) is 18.3 Å². The second-order valence-electron chi connectivity index (χ2n) is 4.43. The molecule has 19 heavy (non-hydrogen) atoms. The van der Waals surface area contributed by atoms with Gasteiger partial charge in [-0.05, 0) is 5.56 Å². The van der Waals surface area contributed by atoms with E-state index < -0.39 is 0 Å². The van der Waals surface area contributed by atoms with Gasteiger partial charge in [-0.3, -0.25) is 0 Å². The average Bonchev–Trinajstić information content (AvgIpc) is 2.47. The Morgan fingerprint density at radius 1 is 1.26 bits per heavy atom. The van der Waals surface area contributed by atoms with E-state index in [0.717, 1.165) is 5.56 Å². The van der Waals surface area contributed by atoms with Crippen LogP contribution in [0.1, 0.15) is 11.7 Å². The summed E-state index contributed by atoms with van der Waals surface area (Å²) in [7, 11) is 1.67. The Morgan fingerprint density at radius 2 is 2.05 bits per heavy atom. The maximum atomic E-state index is 6.05. The monoisotopic (exact) mass is 260 g/mol. The molecule has 0 radical (unpaired) electrons. The van der Waals surface area contributed by atoms with Crippen LogP contribution in [0.4, 0.5) is 0 Å². The molecule has 3 heteroatoms. The van der Waals surface area contributed by atoms with Crippen molar-refractivity contribution >= 4 is 0 Å². The molecule has 102 valence electrons. The van der Waals surface area contributed by atoms with Crippen molar-refractivity contribution in [2.45, 2.75) is 18.3 Å². The summed E-state index contributed by atoms with van der Waals surface area (Å²) in [5.74, 6) is 0. The molecule has 3 nitrogen and oxygen atoms in total. The van der Waals surface area contributed by atoms with Crippen LogP contribution in [0.15, 0.2) is 55.1 Å². The molecule has 0 bridgehead atoms. The van der Waals surface area contributed by atoms with Gasteiger partial charge in [0.2, 0.25) is 0 Å². The first-order valence-corrected chi connectivity index (χ1v) is 6.45. The van der Waals surface area contributed by atoms with Crippen molar-refractivity contribution in [3.8, 4) is 0 Å². The summed E-state index contributed by atoms with van der Waals surface area (Å²) in [6.45, 7) is 4.68. The molecular formula is C16H20O3. The predicted octanol–water partition coefficient (Wildman–Crippen LogP) is 2.90. The van der Waals surface area contributed by atoms with Crippen molar-refractivity contribution in [1.82, 2.24) is 0 Å². The Labute approximate surface area is 114 Å². The molecule has 1 heterocycles. The van der Waals surface area contributed by atoms with Crippen molar-refractivity contribution in [1.29, 1.82) is 0 Å². The first-order chi connectivity index (χ1) is 9.35. The van der Waals surface area contributed by atoms with Gasteiger partial charge >= 0.3 is 0 Å². The Hall–Kier alpha value is -1.42. The quantitative estimate of drug-likeness (QED) is 0.736. The van der Waals surface area contributed by atoms with Crippen molar-refractivity contribution in [3.05, 3.63) is 60.7 Å². The van der Waals surface area contributed by atoms with Crippen LogP contribution in [-0.4, -0.2) is 32.5 Å². The molecule has 0 amide bonds. The number of methoxy groups -OCH3 is 1. The fourth-order valence-electron chi connectivity index (χ4n) is 2.12. The average molecular weight is 260 g/mol. The summed E-state index contributed by atoms with van der Waals surface area (Å²) in [5, 5.41) is 0. The first-order valence-electron chi connectivity index (χ1n) is 6.45. The number of hydrogen-bond acceptors (Lipinski definition) is 3. The minimum absolute atomic E-state index is 0.0371. The molecule has 2 rings (SSSR count). The van der Waals surface area contributed by atoms with E-state index in [0.29, 0.717) is 13.2 Å². The van der Waals surface area contributed by atoms with E-state index in [9.17, 15) is 0 Å². The largest absolute Gasteiger partial charge is 0.382 e. The maximum absolute atomic E-state index is 6.05. The summed E-state index contributed by atoms with van der Waals surface area (Å²) >= 11 is 0. The smallest absolute Gasteiger partial charge is 0.112 e. The van der Waals surface area contributed by atoms with E-state index in [2.05, 4.69) is 18.7 Å². The van der Waals surface area contributed by atoms with Crippen molar-refractivity contribution < 1.29 is 14.2 Å². The zero-order chi connectivity index (χ0) is 13.5. The van der Waals surface area contributed by atoms with Crippen LogP contribution in [0.2, 0.25) is 0 Å². The standard InChI is InChI=1S/C16H20O3/c1-3-11-18-15-10-9-14(19-16(15)12-17-2)13-7-5-4-6-8-13/h3-10,14-16H,1,11-12H2,2H3/t14-,15+,16+/m0/s1. The highest BCUT2D eigenvalue weighted by molar-refractivity contribution is 5.23. The lowest BCUT2D eigenvalue weighted by Crippen LogP contribution is -2.37. The third kappa shape index (κ3) is 3.77. The van der Waals surface area contributed by atoms with E-state index in [-0.39, 0.29) is 18.3 Å². The van der Waals surface area contributed by atoms with Gasteiger partial charge in [-0.25, -0.2) is 0 Å². The van der Waals surface area contributed by atoms with Crippen LogP contribution in [-0.2, 0) is 14.2 Å². The number of benzene rings is 1. The van der Waals surface area contributed by atoms with Gasteiger partial charge in [0, 0.05) is 7.11 Å². The van der Waals surface area contributed by atoms with Gasteiger partial charge in [-0.15, -0.1) is 6.58 Å². The molecule has 0 spiro atoms. The summed E-state index contributed by atoms with van der Waals surface area (Å²) in [6.07, 6.45) is 5.60. The van der Waals surface area contributed by atoms with E-state index in [4.69, 9.17) is 14.2 Å². The van der Waals surface area contributed by atoms with Crippen LogP contribution in [0.3, 0.4) is 0 Å². The van der Waals surface area contributed by atoms with Crippen molar-refractivity contribution in [3.63, 3.8) is 0 Å². The Morgan fingerprint density at radius 3 is 2.74 bits per heavy atom. The zero-order valence-corrected chi connectivity index (χ0v) is 11.2. The third-order valence-corrected chi connectivity index (χ3v) is 3.03. The molecule has 0 N–H and O–H groups in total. The van der Waals surface area contributed by atoms with Gasteiger partial charge in [0.25, 0.3) is 0 Å². The highest BCUT2D eigenvalue weighted by Crippen LogP contribution is 2.27. The van der Waals surface area contributed by atoms with Crippen LogP contribution < -0.4 is 0 Å². The number of ether oxygens (including phenoxy) is 3. The molecule has 1 aliphatic rings. The van der Waals surface area contributed by atoms with Gasteiger partial charge in [0.15, 0.2) is 0 Å². The van der Waals surface area contributed by atoms with E-state index in [1.165, 1.54) is 0 Å². The molecule has 0 aromatic heterocycles. The second-order valence-corrected chi connectivity index (χ2v) is 4.43. The van der Waals surface area contributed by atoms with E-state index >= 15 is 0 Å². The maximum Gasteiger partial charge on any atom is 0.112 e. The molecule has 0 saturated carbocycles. The fraction of sp³-hybridized carbons (Fsp3) is 0.375. The normalized spacial score (nSPS) is 26.3. The predicted molar refractivity (Wildman–Crippen MR) is 75.0 cm³/mol. The van der Waals surface area contributed by atoms with Crippen molar-refractivity contribution in [2.24, 2.45) is 0 Å². The van der Waals surface area contributed by atoms with Crippen LogP contribution in [0.25, 0.3) is 0 Å². The van der Waals surface area contributed by atoms with E-state index in [1.807, 2.05) is 30.4 Å². The van der Waals surface area contributed by atoms with Gasteiger partial charge in [-0.1, -0.05) is 48.6 Å². The lowest BCUT2D eigenvalue weighted by Gasteiger charge is -2.32. The molecule has 3 atom stereocenters. The molecular weight excluding hydrogens is 240 g/mol. The van der Waals surface area contributed by atoms with Crippen LogP contribution in [0.5, 0.6) is 0 Å². The Kier molecular flexibility index (Phi) is 5.33. The Balaban J connectivity index is 2.08. The van der Waals surface area contributed by atoms with Crippen molar-refractivity contribution in [2.75, 3.05) is 20.3 Å². The molecule has 1 aromatic carbocycles. The lowest BCUT2D eigenvalue weighted by molar-refractivity contribution is -0.104. The number of hydrogen-bond donors (Lipinski definition) is 0. The molecule has 0 aliphatic carbocycles. The lowest BCUT2D eigenvalue weighted by atomic mass is 10.0. The van der Waals surface area contributed by atoms with Gasteiger partial charge in [-0.2, -0.15) is 0 Å². The summed E-state index contributed by atoms with van der Waals surface area (Å²) in [6, 6.07) is 10.1. The van der Waals surface area contributed by atoms with Gasteiger partial charge in [0.05, 0.1) is 13.2 Å². The molecule has 0 unspecified atom stereocenters. The molecule has 0 saturated heterocycles. The highest BCUT2D eigenvalue weighted by Gasteiger charge is 2.28. The SMILES string of the molecule is C=CCO[C@@H]1C=C[C@@H](c2ccccc2)O[C@@H]1COC.